The van der Waals surface area contributed by atoms with Crippen LogP contribution in [0.2, 0.25) is 0 Å². The average Bonchev–Trinajstić information content (AvgIpc) is 2.88. The third-order valence-electron chi connectivity index (χ3n) is 3.45. The first-order valence-corrected chi connectivity index (χ1v) is 6.56. The highest BCUT2D eigenvalue weighted by Gasteiger charge is 2.08. The Morgan fingerprint density at radius 3 is 2.40 bits per heavy atom. The van der Waals surface area contributed by atoms with E-state index in [1.165, 1.54) is 16.7 Å². The van der Waals surface area contributed by atoms with Gasteiger partial charge in [-0.15, -0.1) is 0 Å². The molecule has 0 aliphatic carbocycles. The maximum absolute atomic E-state index is 9.55. The van der Waals surface area contributed by atoms with E-state index < -0.39 is 0 Å². The van der Waals surface area contributed by atoms with Crippen LogP contribution >= 0.6 is 0 Å². The number of benzene rings is 2. The van der Waals surface area contributed by atoms with Crippen molar-refractivity contribution >= 4 is 0 Å². The number of hydrogen-bond acceptors (Lipinski definition) is 2. The van der Waals surface area contributed by atoms with Crippen LogP contribution in [0.5, 0.6) is 5.75 Å². The molecule has 1 N–H and O–H groups in total. The van der Waals surface area contributed by atoms with Crippen LogP contribution in [-0.2, 0) is 0 Å². The van der Waals surface area contributed by atoms with Gasteiger partial charge in [0.25, 0.3) is 0 Å². The number of phenols is 1. The van der Waals surface area contributed by atoms with Crippen molar-refractivity contribution < 1.29 is 5.11 Å². The Balaban J connectivity index is 2.07. The molecule has 0 fully saturated rings. The standard InChI is InChI=1S/C17H16N2O/c1-12-5-3-6-13(2)17(12)14-10-18-19(11-14)15-7-4-8-16(20)9-15/h3-11,20H,1-2H3. The molecule has 0 aliphatic heterocycles. The van der Waals surface area contributed by atoms with Crippen molar-refractivity contribution in [3.8, 4) is 22.6 Å². The molecule has 1 heterocycles. The first-order valence-electron chi connectivity index (χ1n) is 6.56. The molecule has 0 saturated heterocycles. The van der Waals surface area contributed by atoms with Gasteiger partial charge < -0.3 is 5.11 Å². The highest BCUT2D eigenvalue weighted by atomic mass is 16.3. The second-order valence-corrected chi connectivity index (χ2v) is 4.96. The molecular weight excluding hydrogens is 248 g/mol. The van der Waals surface area contributed by atoms with Gasteiger partial charge in [0.15, 0.2) is 0 Å². The normalized spacial score (nSPS) is 10.7. The van der Waals surface area contributed by atoms with Crippen LogP contribution in [0, 0.1) is 13.8 Å². The molecule has 2 aromatic carbocycles. The maximum atomic E-state index is 9.55. The first-order chi connectivity index (χ1) is 9.65. The lowest BCUT2D eigenvalue weighted by molar-refractivity contribution is 0.475. The van der Waals surface area contributed by atoms with E-state index in [1.54, 1.807) is 16.8 Å². The van der Waals surface area contributed by atoms with Crippen molar-refractivity contribution in [2.75, 3.05) is 0 Å². The summed E-state index contributed by atoms with van der Waals surface area (Å²) in [7, 11) is 0. The molecular formula is C17H16N2O. The molecule has 100 valence electrons. The summed E-state index contributed by atoms with van der Waals surface area (Å²) >= 11 is 0. The third kappa shape index (κ3) is 2.18. The lowest BCUT2D eigenvalue weighted by Crippen LogP contribution is -1.93. The molecule has 0 amide bonds. The Morgan fingerprint density at radius 1 is 1.00 bits per heavy atom. The molecule has 20 heavy (non-hydrogen) atoms. The summed E-state index contributed by atoms with van der Waals surface area (Å²) in [5, 5.41) is 13.9. The van der Waals surface area contributed by atoms with E-state index in [9.17, 15) is 5.11 Å². The number of rotatable bonds is 2. The van der Waals surface area contributed by atoms with Gasteiger partial charge in [0.2, 0.25) is 0 Å². The lowest BCUT2D eigenvalue weighted by atomic mass is 9.98. The quantitative estimate of drug-likeness (QED) is 0.763. The van der Waals surface area contributed by atoms with Gasteiger partial charge in [-0.25, -0.2) is 4.68 Å². The van der Waals surface area contributed by atoms with E-state index in [2.05, 4.69) is 37.1 Å². The van der Waals surface area contributed by atoms with Crippen molar-refractivity contribution in [1.82, 2.24) is 9.78 Å². The van der Waals surface area contributed by atoms with E-state index in [4.69, 9.17) is 0 Å². The Bertz CT molecular complexity index is 739. The minimum Gasteiger partial charge on any atom is -0.508 e. The van der Waals surface area contributed by atoms with Gasteiger partial charge in [0.05, 0.1) is 11.9 Å². The van der Waals surface area contributed by atoms with Gasteiger partial charge >= 0.3 is 0 Å². The summed E-state index contributed by atoms with van der Waals surface area (Å²) in [4.78, 5) is 0. The molecule has 0 aliphatic rings. The van der Waals surface area contributed by atoms with Crippen molar-refractivity contribution in [1.29, 1.82) is 0 Å². The van der Waals surface area contributed by atoms with Crippen LogP contribution < -0.4 is 0 Å². The molecule has 3 aromatic rings. The third-order valence-corrected chi connectivity index (χ3v) is 3.45. The highest BCUT2D eigenvalue weighted by molar-refractivity contribution is 5.69. The van der Waals surface area contributed by atoms with Crippen molar-refractivity contribution in [2.24, 2.45) is 0 Å². The van der Waals surface area contributed by atoms with E-state index in [0.29, 0.717) is 0 Å². The molecule has 1 aromatic heterocycles. The van der Waals surface area contributed by atoms with Gasteiger partial charge in [-0.1, -0.05) is 24.3 Å². The van der Waals surface area contributed by atoms with E-state index in [-0.39, 0.29) is 5.75 Å². The van der Waals surface area contributed by atoms with Gasteiger partial charge in [-0.2, -0.15) is 5.10 Å². The van der Waals surface area contributed by atoms with Crippen molar-refractivity contribution in [2.45, 2.75) is 13.8 Å². The second kappa shape index (κ2) is 4.85. The predicted octanol–water partition coefficient (Wildman–Crippen LogP) is 3.86. The SMILES string of the molecule is Cc1cccc(C)c1-c1cnn(-c2cccc(O)c2)c1. The minimum absolute atomic E-state index is 0.242. The summed E-state index contributed by atoms with van der Waals surface area (Å²) in [6, 6.07) is 13.4. The lowest BCUT2D eigenvalue weighted by Gasteiger charge is -2.07. The fourth-order valence-electron chi connectivity index (χ4n) is 2.50. The first kappa shape index (κ1) is 12.5. The number of aromatic nitrogens is 2. The summed E-state index contributed by atoms with van der Waals surface area (Å²) < 4.78 is 1.78. The summed E-state index contributed by atoms with van der Waals surface area (Å²) in [5.41, 5.74) is 5.63. The fourth-order valence-corrected chi connectivity index (χ4v) is 2.50. The van der Waals surface area contributed by atoms with Crippen LogP contribution in [0.15, 0.2) is 54.9 Å². The smallest absolute Gasteiger partial charge is 0.117 e. The molecule has 3 heteroatoms. The number of phenolic OH excluding ortho intramolecular Hbond substituents is 1. The largest absolute Gasteiger partial charge is 0.508 e. The molecule has 0 saturated carbocycles. The average molecular weight is 264 g/mol. The summed E-state index contributed by atoms with van der Waals surface area (Å²) in [6.07, 6.45) is 3.85. The molecule has 0 spiro atoms. The zero-order valence-electron chi connectivity index (χ0n) is 11.5. The van der Waals surface area contributed by atoms with Crippen LogP contribution in [0.4, 0.5) is 0 Å². The van der Waals surface area contributed by atoms with Gasteiger partial charge in [0.1, 0.15) is 5.75 Å². The van der Waals surface area contributed by atoms with Crippen molar-refractivity contribution in [3.63, 3.8) is 0 Å². The molecule has 0 radical (unpaired) electrons. The number of aromatic hydroxyl groups is 1. The van der Waals surface area contributed by atoms with Gasteiger partial charge in [-0.05, 0) is 42.7 Å². The van der Waals surface area contributed by atoms with Gasteiger partial charge in [0, 0.05) is 17.8 Å². The monoisotopic (exact) mass is 264 g/mol. The van der Waals surface area contributed by atoms with E-state index >= 15 is 0 Å². The molecule has 3 rings (SSSR count). The summed E-state index contributed by atoms with van der Waals surface area (Å²) in [6.45, 7) is 4.21. The topological polar surface area (TPSA) is 38.0 Å². The fraction of sp³-hybridized carbons (Fsp3) is 0.118. The Kier molecular flexibility index (Phi) is 3.03. The number of nitrogens with zero attached hydrogens (tertiary/aromatic N) is 2. The molecule has 0 unspecified atom stereocenters. The number of hydrogen-bond donors (Lipinski definition) is 1. The van der Waals surface area contributed by atoms with Crippen molar-refractivity contribution in [3.05, 3.63) is 66.0 Å². The predicted molar refractivity (Wildman–Crippen MR) is 80.1 cm³/mol. The van der Waals surface area contributed by atoms with E-state index in [0.717, 1.165) is 11.3 Å². The van der Waals surface area contributed by atoms with Crippen LogP contribution in [0.25, 0.3) is 16.8 Å². The molecule has 3 nitrogen and oxygen atoms in total. The van der Waals surface area contributed by atoms with Crippen LogP contribution in [0.3, 0.4) is 0 Å². The zero-order valence-corrected chi connectivity index (χ0v) is 11.5. The molecule has 0 atom stereocenters. The Morgan fingerprint density at radius 2 is 1.70 bits per heavy atom. The summed E-state index contributed by atoms with van der Waals surface area (Å²) in [5.74, 6) is 0.242. The highest BCUT2D eigenvalue weighted by Crippen LogP contribution is 2.27. The minimum atomic E-state index is 0.242. The molecule has 0 bridgehead atoms. The van der Waals surface area contributed by atoms with E-state index in [1.807, 2.05) is 24.5 Å². The maximum Gasteiger partial charge on any atom is 0.117 e. The number of aryl methyl sites for hydroxylation is 2. The van der Waals surface area contributed by atoms with Gasteiger partial charge in [-0.3, -0.25) is 0 Å². The van der Waals surface area contributed by atoms with Crippen LogP contribution in [-0.4, -0.2) is 14.9 Å². The van der Waals surface area contributed by atoms with Crippen LogP contribution in [0.1, 0.15) is 11.1 Å². The Labute approximate surface area is 118 Å². The zero-order chi connectivity index (χ0) is 14.1. The second-order valence-electron chi connectivity index (χ2n) is 4.96. The Hall–Kier alpha value is -2.55.